The Labute approximate surface area is 148 Å². The summed E-state index contributed by atoms with van der Waals surface area (Å²) in [4.78, 5) is 20.7. The van der Waals surface area contributed by atoms with E-state index in [0.29, 0.717) is 24.6 Å². The van der Waals surface area contributed by atoms with Gasteiger partial charge < -0.3 is 4.74 Å². The summed E-state index contributed by atoms with van der Waals surface area (Å²) in [7, 11) is 1.68. The van der Waals surface area contributed by atoms with E-state index in [2.05, 4.69) is 4.90 Å². The Hall–Kier alpha value is -1.72. The van der Waals surface area contributed by atoms with E-state index in [0.717, 1.165) is 24.3 Å². The van der Waals surface area contributed by atoms with E-state index < -0.39 is 0 Å². The number of hydrogen-bond acceptors (Lipinski definition) is 4. The van der Waals surface area contributed by atoms with Crippen molar-refractivity contribution in [3.63, 3.8) is 0 Å². The van der Waals surface area contributed by atoms with Crippen LogP contribution in [0.1, 0.15) is 50.4 Å². The first-order chi connectivity index (χ1) is 12.3. The Morgan fingerprint density at radius 3 is 2.76 bits per heavy atom. The van der Waals surface area contributed by atoms with Gasteiger partial charge in [0.25, 0.3) is 5.56 Å². The van der Waals surface area contributed by atoms with Gasteiger partial charge in [0.1, 0.15) is 5.82 Å². The van der Waals surface area contributed by atoms with Crippen LogP contribution in [0.4, 0.5) is 0 Å². The summed E-state index contributed by atoms with van der Waals surface area (Å²) in [5.74, 6) is 0.935. The molecule has 1 aromatic carbocycles. The van der Waals surface area contributed by atoms with Crippen LogP contribution in [0.3, 0.4) is 0 Å². The van der Waals surface area contributed by atoms with Crippen molar-refractivity contribution >= 4 is 10.9 Å². The highest BCUT2D eigenvalue weighted by molar-refractivity contribution is 5.77. The minimum absolute atomic E-state index is 0.0657. The molecular weight excluding hydrogens is 314 g/mol. The van der Waals surface area contributed by atoms with Crippen molar-refractivity contribution in [3.8, 4) is 0 Å². The second-order valence-corrected chi connectivity index (χ2v) is 7.27. The zero-order valence-corrected chi connectivity index (χ0v) is 15.0. The van der Waals surface area contributed by atoms with Crippen LogP contribution in [-0.2, 0) is 11.3 Å². The maximum atomic E-state index is 13.1. The van der Waals surface area contributed by atoms with Gasteiger partial charge in [0, 0.05) is 13.2 Å². The van der Waals surface area contributed by atoms with E-state index in [9.17, 15) is 4.79 Å². The molecule has 0 spiro atoms. The zero-order valence-electron chi connectivity index (χ0n) is 15.0. The lowest BCUT2D eigenvalue weighted by Gasteiger charge is -2.31. The minimum atomic E-state index is 0.0657. The van der Waals surface area contributed by atoms with Crippen molar-refractivity contribution in [2.24, 2.45) is 0 Å². The van der Waals surface area contributed by atoms with Crippen LogP contribution in [-0.4, -0.2) is 40.8 Å². The van der Waals surface area contributed by atoms with Gasteiger partial charge in [-0.25, -0.2) is 4.98 Å². The summed E-state index contributed by atoms with van der Waals surface area (Å²) < 4.78 is 7.12. The third-order valence-electron chi connectivity index (χ3n) is 5.80. The number of rotatable bonds is 5. The third-order valence-corrected chi connectivity index (χ3v) is 5.80. The topological polar surface area (TPSA) is 47.4 Å². The predicted molar refractivity (Wildman–Crippen MR) is 98.8 cm³/mol. The lowest BCUT2D eigenvalue weighted by atomic mass is 10.1. The molecule has 5 nitrogen and oxygen atoms in total. The Morgan fingerprint density at radius 1 is 1.16 bits per heavy atom. The summed E-state index contributed by atoms with van der Waals surface area (Å²) in [5.41, 5.74) is 0.880. The number of likely N-dealkylation sites (tertiary alicyclic amines) is 1. The fourth-order valence-electron chi connectivity index (χ4n) is 4.58. The Bertz CT molecular complexity index is 795. The van der Waals surface area contributed by atoms with Crippen LogP contribution in [0.15, 0.2) is 29.1 Å². The third kappa shape index (κ3) is 3.11. The lowest BCUT2D eigenvalue weighted by Crippen LogP contribution is -2.37. The van der Waals surface area contributed by atoms with Crippen molar-refractivity contribution in [2.45, 2.75) is 57.2 Å². The molecule has 1 saturated heterocycles. The number of ether oxygens (including phenoxy) is 1. The van der Waals surface area contributed by atoms with Crippen molar-refractivity contribution in [1.82, 2.24) is 14.5 Å². The van der Waals surface area contributed by atoms with Crippen molar-refractivity contribution in [1.29, 1.82) is 0 Å². The molecule has 2 aromatic rings. The molecular formula is C20H27N3O2. The van der Waals surface area contributed by atoms with E-state index in [1.165, 1.54) is 32.1 Å². The first kappa shape index (κ1) is 16.7. The van der Waals surface area contributed by atoms with Gasteiger partial charge in [-0.3, -0.25) is 14.3 Å². The summed E-state index contributed by atoms with van der Waals surface area (Å²) in [6, 6.07) is 8.62. The normalized spacial score (nSPS) is 22.2. The number of nitrogens with zero attached hydrogens (tertiary/aromatic N) is 3. The molecule has 0 amide bonds. The van der Waals surface area contributed by atoms with Gasteiger partial charge in [-0.05, 0) is 44.4 Å². The second-order valence-electron chi connectivity index (χ2n) is 7.27. The van der Waals surface area contributed by atoms with Gasteiger partial charge in [0.2, 0.25) is 0 Å². The number of aromatic nitrogens is 2. The molecule has 2 fully saturated rings. The van der Waals surface area contributed by atoms with Crippen LogP contribution >= 0.6 is 0 Å². The molecule has 1 aliphatic carbocycles. The van der Waals surface area contributed by atoms with Crippen LogP contribution in [0, 0.1) is 0 Å². The van der Waals surface area contributed by atoms with Gasteiger partial charge in [-0.1, -0.05) is 25.0 Å². The molecule has 0 radical (unpaired) electrons. The molecule has 4 rings (SSSR count). The molecule has 134 valence electrons. The molecule has 0 bridgehead atoms. The lowest BCUT2D eigenvalue weighted by molar-refractivity contribution is 0.161. The summed E-state index contributed by atoms with van der Waals surface area (Å²) >= 11 is 0. The molecule has 5 heteroatoms. The SMILES string of the molecule is COCCn1c(C2CCCN2C2CCCC2)nc2ccccc2c1=O. The molecule has 1 unspecified atom stereocenters. The first-order valence-electron chi connectivity index (χ1n) is 9.54. The maximum Gasteiger partial charge on any atom is 0.261 e. The largest absolute Gasteiger partial charge is 0.383 e. The highest BCUT2D eigenvalue weighted by Gasteiger charge is 2.35. The first-order valence-corrected chi connectivity index (χ1v) is 9.54. The van der Waals surface area contributed by atoms with Crippen molar-refractivity contribution < 1.29 is 4.74 Å². The van der Waals surface area contributed by atoms with E-state index in [4.69, 9.17) is 9.72 Å². The van der Waals surface area contributed by atoms with Crippen molar-refractivity contribution in [2.75, 3.05) is 20.3 Å². The highest BCUT2D eigenvalue weighted by Crippen LogP contribution is 2.37. The second kappa shape index (κ2) is 7.26. The molecule has 2 aliphatic rings. The number of benzene rings is 1. The van der Waals surface area contributed by atoms with Crippen LogP contribution in [0.25, 0.3) is 10.9 Å². The number of fused-ring (bicyclic) bond motifs is 1. The average Bonchev–Trinajstić information content (AvgIpc) is 3.32. The van der Waals surface area contributed by atoms with Crippen molar-refractivity contribution in [3.05, 3.63) is 40.4 Å². The molecule has 25 heavy (non-hydrogen) atoms. The number of hydrogen-bond donors (Lipinski definition) is 0. The smallest absolute Gasteiger partial charge is 0.261 e. The highest BCUT2D eigenvalue weighted by atomic mass is 16.5. The van der Waals surface area contributed by atoms with Crippen LogP contribution in [0.5, 0.6) is 0 Å². The van der Waals surface area contributed by atoms with E-state index in [1.807, 2.05) is 28.8 Å². The minimum Gasteiger partial charge on any atom is -0.383 e. The van der Waals surface area contributed by atoms with Gasteiger partial charge in [0.15, 0.2) is 0 Å². The quantitative estimate of drug-likeness (QED) is 0.838. The van der Waals surface area contributed by atoms with Gasteiger partial charge in [0.05, 0.1) is 30.1 Å². The molecule has 2 heterocycles. The zero-order chi connectivity index (χ0) is 17.2. The average molecular weight is 341 g/mol. The fraction of sp³-hybridized carbons (Fsp3) is 0.600. The van der Waals surface area contributed by atoms with E-state index in [1.54, 1.807) is 7.11 Å². The predicted octanol–water partition coefficient (Wildman–Crippen LogP) is 3.12. The summed E-state index contributed by atoms with van der Waals surface area (Å²) in [6.07, 6.45) is 7.51. The van der Waals surface area contributed by atoms with Gasteiger partial charge in [-0.15, -0.1) is 0 Å². The Kier molecular flexibility index (Phi) is 4.86. The monoisotopic (exact) mass is 341 g/mol. The van der Waals surface area contributed by atoms with E-state index in [-0.39, 0.29) is 11.6 Å². The maximum absolute atomic E-state index is 13.1. The molecule has 1 aliphatic heterocycles. The van der Waals surface area contributed by atoms with Gasteiger partial charge >= 0.3 is 0 Å². The van der Waals surface area contributed by atoms with Gasteiger partial charge in [-0.2, -0.15) is 0 Å². The molecule has 1 saturated carbocycles. The fourth-order valence-corrected chi connectivity index (χ4v) is 4.58. The van der Waals surface area contributed by atoms with E-state index >= 15 is 0 Å². The van der Waals surface area contributed by atoms with Crippen LogP contribution < -0.4 is 5.56 Å². The number of methoxy groups -OCH3 is 1. The molecule has 0 N–H and O–H groups in total. The molecule has 1 atom stereocenters. The summed E-state index contributed by atoms with van der Waals surface area (Å²) in [5, 5.41) is 0.702. The Morgan fingerprint density at radius 2 is 1.96 bits per heavy atom. The Balaban J connectivity index is 1.79. The summed E-state index contributed by atoms with van der Waals surface area (Å²) in [6.45, 7) is 2.23. The molecule has 1 aromatic heterocycles. The van der Waals surface area contributed by atoms with Crippen LogP contribution in [0.2, 0.25) is 0 Å². The number of para-hydroxylation sites is 1. The standard InChI is InChI=1S/C20H27N3O2/c1-25-14-13-23-19(21-17-10-5-4-9-16(17)20(23)24)18-11-6-12-22(18)15-7-2-3-8-15/h4-5,9-10,15,18H,2-3,6-8,11-14H2,1H3.